The predicted molar refractivity (Wildman–Crippen MR) is 104 cm³/mol. The molecule has 152 valence electrons. The third-order valence-electron chi connectivity index (χ3n) is 4.58. The Morgan fingerprint density at radius 2 is 2.18 bits per heavy atom. The van der Waals surface area contributed by atoms with Crippen molar-refractivity contribution in [1.29, 1.82) is 0 Å². The molecule has 0 spiro atoms. The van der Waals surface area contributed by atoms with Crippen LogP contribution in [0.15, 0.2) is 34.6 Å². The van der Waals surface area contributed by atoms with Crippen molar-refractivity contribution in [3.05, 3.63) is 51.5 Å². The minimum atomic E-state index is -4.39. The first kappa shape index (κ1) is 20.6. The van der Waals surface area contributed by atoms with Crippen LogP contribution in [0, 0.1) is 6.92 Å². The minimum absolute atomic E-state index is 0.0400. The number of ether oxygens (including phenoxy) is 1. The quantitative estimate of drug-likeness (QED) is 0.615. The van der Waals surface area contributed by atoms with Crippen LogP contribution in [-0.2, 0) is 17.3 Å². The predicted octanol–water partition coefficient (Wildman–Crippen LogP) is 3.66. The maximum atomic E-state index is 12.6. The molecule has 1 aliphatic rings. The molecule has 1 aromatic carbocycles. The summed E-state index contributed by atoms with van der Waals surface area (Å²) in [4.78, 5) is 10.1. The van der Waals surface area contributed by atoms with Crippen molar-refractivity contribution in [3.8, 4) is 0 Å². The van der Waals surface area contributed by atoms with Crippen molar-refractivity contribution >= 4 is 17.3 Å². The molecule has 1 fully saturated rings. The number of aryl methyl sites for hydroxylation is 1. The SMILES string of the molecule is CN=C(NCCc1nc(C(F)(F)F)cs1)N1CCOC(c2ccccc2C)C1. The summed E-state index contributed by atoms with van der Waals surface area (Å²) in [5.74, 6) is 0.717. The summed E-state index contributed by atoms with van der Waals surface area (Å²) >= 11 is 1.03. The van der Waals surface area contributed by atoms with Gasteiger partial charge in [0.15, 0.2) is 11.7 Å². The first-order valence-corrected chi connectivity index (χ1v) is 9.90. The third kappa shape index (κ3) is 5.02. The van der Waals surface area contributed by atoms with Crippen molar-refractivity contribution in [2.24, 2.45) is 4.99 Å². The van der Waals surface area contributed by atoms with Crippen LogP contribution >= 0.6 is 11.3 Å². The number of thiazole rings is 1. The number of halogens is 3. The summed E-state index contributed by atoms with van der Waals surface area (Å²) in [5.41, 5.74) is 1.51. The molecule has 0 amide bonds. The lowest BCUT2D eigenvalue weighted by Gasteiger charge is -2.35. The number of nitrogens with one attached hydrogen (secondary N) is 1. The average Bonchev–Trinajstić information content (AvgIpc) is 3.15. The Hall–Kier alpha value is -2.13. The largest absolute Gasteiger partial charge is 0.434 e. The maximum absolute atomic E-state index is 12.6. The molecule has 0 radical (unpaired) electrons. The van der Waals surface area contributed by atoms with Gasteiger partial charge in [0.1, 0.15) is 6.10 Å². The number of hydrogen-bond acceptors (Lipinski definition) is 4. The fourth-order valence-electron chi connectivity index (χ4n) is 3.15. The van der Waals surface area contributed by atoms with E-state index in [9.17, 15) is 13.2 Å². The molecule has 1 atom stereocenters. The number of benzene rings is 1. The highest BCUT2D eigenvalue weighted by molar-refractivity contribution is 7.09. The van der Waals surface area contributed by atoms with Gasteiger partial charge in [0.05, 0.1) is 18.2 Å². The van der Waals surface area contributed by atoms with Gasteiger partial charge in [0.25, 0.3) is 0 Å². The highest BCUT2D eigenvalue weighted by Crippen LogP contribution is 2.30. The summed E-state index contributed by atoms with van der Waals surface area (Å²) in [6.07, 6.45) is -4.02. The average molecular weight is 412 g/mol. The van der Waals surface area contributed by atoms with Crippen LogP contribution in [0.5, 0.6) is 0 Å². The lowest BCUT2D eigenvalue weighted by atomic mass is 10.0. The molecule has 2 heterocycles. The van der Waals surface area contributed by atoms with Gasteiger partial charge in [-0.05, 0) is 18.1 Å². The van der Waals surface area contributed by atoms with Crippen LogP contribution in [0.25, 0.3) is 0 Å². The molecule has 1 unspecified atom stereocenters. The number of nitrogens with zero attached hydrogens (tertiary/aromatic N) is 3. The van der Waals surface area contributed by atoms with Crippen molar-refractivity contribution in [3.63, 3.8) is 0 Å². The Balaban J connectivity index is 1.56. The molecule has 0 saturated carbocycles. The van der Waals surface area contributed by atoms with Gasteiger partial charge in [-0.15, -0.1) is 11.3 Å². The molecule has 3 rings (SSSR count). The molecule has 5 nitrogen and oxygen atoms in total. The van der Waals surface area contributed by atoms with E-state index in [-0.39, 0.29) is 6.10 Å². The lowest BCUT2D eigenvalue weighted by Crippen LogP contribution is -2.48. The number of aromatic nitrogens is 1. The number of rotatable bonds is 4. The van der Waals surface area contributed by atoms with Crippen LogP contribution < -0.4 is 5.32 Å². The molecule has 2 aromatic rings. The van der Waals surface area contributed by atoms with Gasteiger partial charge in [-0.25, -0.2) is 4.98 Å². The number of aliphatic imine (C=N–C) groups is 1. The van der Waals surface area contributed by atoms with E-state index < -0.39 is 11.9 Å². The number of alkyl halides is 3. The van der Waals surface area contributed by atoms with Gasteiger partial charge in [-0.1, -0.05) is 24.3 Å². The summed E-state index contributed by atoms with van der Waals surface area (Å²) in [5, 5.41) is 4.74. The Morgan fingerprint density at radius 3 is 2.86 bits per heavy atom. The minimum Gasteiger partial charge on any atom is -0.370 e. The van der Waals surface area contributed by atoms with Crippen LogP contribution in [0.3, 0.4) is 0 Å². The topological polar surface area (TPSA) is 49.8 Å². The first-order chi connectivity index (χ1) is 13.4. The third-order valence-corrected chi connectivity index (χ3v) is 5.49. The second kappa shape index (κ2) is 8.91. The van der Waals surface area contributed by atoms with Crippen LogP contribution in [0.1, 0.15) is 27.9 Å². The Labute approximate surface area is 166 Å². The van der Waals surface area contributed by atoms with Crippen molar-refractivity contribution in [2.75, 3.05) is 33.3 Å². The molecule has 0 aliphatic carbocycles. The highest BCUT2D eigenvalue weighted by Gasteiger charge is 2.33. The summed E-state index contributed by atoms with van der Waals surface area (Å²) < 4.78 is 43.9. The molecular weight excluding hydrogens is 389 g/mol. The van der Waals surface area contributed by atoms with Gasteiger partial charge < -0.3 is 15.0 Å². The number of morpholine rings is 1. The second-order valence-electron chi connectivity index (χ2n) is 6.51. The van der Waals surface area contributed by atoms with Crippen LogP contribution in [0.2, 0.25) is 0 Å². The summed E-state index contributed by atoms with van der Waals surface area (Å²) in [6, 6.07) is 8.14. The number of hydrogen-bond donors (Lipinski definition) is 1. The second-order valence-corrected chi connectivity index (χ2v) is 7.45. The smallest absolute Gasteiger partial charge is 0.370 e. The van der Waals surface area contributed by atoms with Crippen molar-refractivity contribution < 1.29 is 17.9 Å². The molecule has 9 heteroatoms. The van der Waals surface area contributed by atoms with Gasteiger partial charge in [0.2, 0.25) is 0 Å². The molecular formula is C19H23F3N4OS. The van der Waals surface area contributed by atoms with E-state index in [1.165, 1.54) is 5.56 Å². The molecule has 1 N–H and O–H groups in total. The van der Waals surface area contributed by atoms with E-state index in [1.807, 2.05) is 12.1 Å². The fraction of sp³-hybridized carbons (Fsp3) is 0.474. The van der Waals surface area contributed by atoms with E-state index in [4.69, 9.17) is 4.74 Å². The zero-order chi connectivity index (χ0) is 20.1. The standard InChI is InChI=1S/C19H23F3N4OS/c1-13-5-3-4-6-14(13)15-11-26(9-10-27-15)18(23-2)24-8-7-17-25-16(12-28-17)19(20,21)22/h3-6,12,15H,7-11H2,1-2H3,(H,23,24). The monoisotopic (exact) mass is 412 g/mol. The summed E-state index contributed by atoms with van der Waals surface area (Å²) in [6.45, 7) is 4.48. The molecule has 1 aliphatic heterocycles. The van der Waals surface area contributed by atoms with Gasteiger partial charge in [0, 0.05) is 31.9 Å². The zero-order valence-corrected chi connectivity index (χ0v) is 16.6. The van der Waals surface area contributed by atoms with E-state index in [0.717, 1.165) is 28.2 Å². The van der Waals surface area contributed by atoms with E-state index in [2.05, 4.69) is 39.2 Å². The lowest BCUT2D eigenvalue weighted by molar-refractivity contribution is -0.140. The van der Waals surface area contributed by atoms with Crippen LogP contribution in [0.4, 0.5) is 13.2 Å². The van der Waals surface area contributed by atoms with Crippen LogP contribution in [-0.4, -0.2) is 49.1 Å². The molecule has 0 bridgehead atoms. The molecule has 28 heavy (non-hydrogen) atoms. The van der Waals surface area contributed by atoms with Gasteiger partial charge in [-0.2, -0.15) is 13.2 Å². The Bertz CT molecular complexity index is 822. The van der Waals surface area contributed by atoms with Gasteiger partial charge in [-0.3, -0.25) is 4.99 Å². The van der Waals surface area contributed by atoms with E-state index >= 15 is 0 Å². The summed E-state index contributed by atoms with van der Waals surface area (Å²) in [7, 11) is 1.70. The Kier molecular flexibility index (Phi) is 6.56. The first-order valence-electron chi connectivity index (χ1n) is 9.03. The molecule has 1 saturated heterocycles. The highest BCUT2D eigenvalue weighted by atomic mass is 32.1. The number of guanidine groups is 1. The maximum Gasteiger partial charge on any atom is 0.434 e. The van der Waals surface area contributed by atoms with E-state index in [0.29, 0.717) is 37.7 Å². The molecule has 1 aromatic heterocycles. The van der Waals surface area contributed by atoms with Crippen molar-refractivity contribution in [1.82, 2.24) is 15.2 Å². The zero-order valence-electron chi connectivity index (χ0n) is 15.8. The fourth-order valence-corrected chi connectivity index (χ4v) is 3.95. The van der Waals surface area contributed by atoms with E-state index in [1.54, 1.807) is 7.05 Å². The Morgan fingerprint density at radius 1 is 1.39 bits per heavy atom. The normalized spacial score (nSPS) is 18.4. The van der Waals surface area contributed by atoms with Gasteiger partial charge >= 0.3 is 6.18 Å². The van der Waals surface area contributed by atoms with Crippen molar-refractivity contribution in [2.45, 2.75) is 25.6 Å².